The van der Waals surface area contributed by atoms with Crippen LogP contribution in [0.2, 0.25) is 0 Å². The van der Waals surface area contributed by atoms with E-state index >= 15 is 0 Å². The van der Waals surface area contributed by atoms with Crippen LogP contribution in [0.5, 0.6) is 0 Å². The maximum absolute atomic E-state index is 12.6. The predicted molar refractivity (Wildman–Crippen MR) is 92.2 cm³/mol. The highest BCUT2D eigenvalue weighted by Crippen LogP contribution is 2.40. The Bertz CT molecular complexity index is 600. The number of aliphatic hydroxyl groups excluding tert-OH is 1. The lowest BCUT2D eigenvalue weighted by atomic mass is 9.82. The summed E-state index contributed by atoms with van der Waals surface area (Å²) in [5, 5.41) is 10.6. The van der Waals surface area contributed by atoms with E-state index in [-0.39, 0.29) is 11.7 Å². The molecule has 1 aromatic carbocycles. The Labute approximate surface area is 138 Å². The zero-order valence-electron chi connectivity index (χ0n) is 14.3. The standard InChI is InChI=1S/C19H27NO3/c1-4-9-19(10-5-2)12-16(21)17(18(22)23-19)13(3)14-7-6-8-15(20)11-14/h6-8,11,13,21H,4-5,9-10,12,20H2,1-3H3. The summed E-state index contributed by atoms with van der Waals surface area (Å²) in [6.45, 7) is 6.03. The van der Waals surface area contributed by atoms with Gasteiger partial charge in [-0.1, -0.05) is 45.7 Å². The van der Waals surface area contributed by atoms with Crippen LogP contribution in [-0.2, 0) is 9.53 Å². The van der Waals surface area contributed by atoms with Crippen molar-refractivity contribution in [2.75, 3.05) is 5.73 Å². The second kappa shape index (κ2) is 7.07. The van der Waals surface area contributed by atoms with Crippen molar-refractivity contribution < 1.29 is 14.6 Å². The molecular formula is C19H27NO3. The lowest BCUT2D eigenvalue weighted by Crippen LogP contribution is -2.41. The molecule has 0 aromatic heterocycles. The molecule has 1 unspecified atom stereocenters. The molecule has 0 bridgehead atoms. The molecule has 1 aliphatic rings. The average Bonchev–Trinajstić information content (AvgIpc) is 2.46. The van der Waals surface area contributed by atoms with Crippen LogP contribution in [0.25, 0.3) is 0 Å². The van der Waals surface area contributed by atoms with Crippen molar-refractivity contribution in [2.24, 2.45) is 0 Å². The number of rotatable bonds is 6. The first kappa shape index (κ1) is 17.4. The Balaban J connectivity index is 2.34. The fourth-order valence-electron chi connectivity index (χ4n) is 3.54. The molecule has 0 aliphatic carbocycles. The van der Waals surface area contributed by atoms with Gasteiger partial charge in [-0.25, -0.2) is 4.79 Å². The molecule has 4 nitrogen and oxygen atoms in total. The van der Waals surface area contributed by atoms with Gasteiger partial charge in [-0.3, -0.25) is 0 Å². The van der Waals surface area contributed by atoms with Gasteiger partial charge in [0, 0.05) is 18.0 Å². The highest BCUT2D eigenvalue weighted by atomic mass is 16.6. The topological polar surface area (TPSA) is 72.5 Å². The molecule has 0 amide bonds. The fourth-order valence-corrected chi connectivity index (χ4v) is 3.54. The molecule has 0 radical (unpaired) electrons. The second-order valence-electron chi connectivity index (χ2n) is 6.50. The van der Waals surface area contributed by atoms with Gasteiger partial charge in [-0.05, 0) is 30.5 Å². The van der Waals surface area contributed by atoms with Crippen molar-refractivity contribution in [1.29, 1.82) is 0 Å². The molecule has 2 rings (SSSR count). The molecule has 0 fully saturated rings. The number of hydrogen-bond donors (Lipinski definition) is 2. The predicted octanol–water partition coefficient (Wildman–Crippen LogP) is 4.47. The van der Waals surface area contributed by atoms with Gasteiger partial charge in [0.2, 0.25) is 0 Å². The molecule has 0 saturated carbocycles. The lowest BCUT2D eigenvalue weighted by Gasteiger charge is -2.38. The number of aliphatic hydroxyl groups is 1. The number of hydrogen-bond acceptors (Lipinski definition) is 4. The first-order valence-electron chi connectivity index (χ1n) is 8.43. The third-order valence-corrected chi connectivity index (χ3v) is 4.58. The maximum atomic E-state index is 12.6. The van der Waals surface area contributed by atoms with Gasteiger partial charge in [0.15, 0.2) is 0 Å². The minimum absolute atomic E-state index is 0.165. The van der Waals surface area contributed by atoms with E-state index in [0.717, 1.165) is 31.2 Å². The number of cyclic esters (lactones) is 1. The van der Waals surface area contributed by atoms with Crippen molar-refractivity contribution in [3.63, 3.8) is 0 Å². The highest BCUT2D eigenvalue weighted by Gasteiger charge is 2.42. The number of benzene rings is 1. The summed E-state index contributed by atoms with van der Waals surface area (Å²) >= 11 is 0. The van der Waals surface area contributed by atoms with Gasteiger partial charge in [0.1, 0.15) is 11.4 Å². The second-order valence-corrected chi connectivity index (χ2v) is 6.50. The average molecular weight is 317 g/mol. The third-order valence-electron chi connectivity index (χ3n) is 4.58. The molecule has 3 N–H and O–H groups in total. The van der Waals surface area contributed by atoms with Crippen LogP contribution in [0.4, 0.5) is 5.69 Å². The molecule has 4 heteroatoms. The Kier molecular flexibility index (Phi) is 5.34. The zero-order chi connectivity index (χ0) is 17.0. The van der Waals surface area contributed by atoms with Gasteiger partial charge in [-0.15, -0.1) is 0 Å². The van der Waals surface area contributed by atoms with Crippen molar-refractivity contribution >= 4 is 11.7 Å². The number of nitrogen functional groups attached to an aromatic ring is 1. The van der Waals surface area contributed by atoms with E-state index in [1.54, 1.807) is 6.07 Å². The van der Waals surface area contributed by atoms with E-state index in [1.165, 1.54) is 0 Å². The van der Waals surface area contributed by atoms with E-state index in [1.807, 2.05) is 25.1 Å². The van der Waals surface area contributed by atoms with Gasteiger partial charge >= 0.3 is 5.97 Å². The molecular weight excluding hydrogens is 290 g/mol. The summed E-state index contributed by atoms with van der Waals surface area (Å²) < 4.78 is 5.82. The molecule has 1 heterocycles. The molecule has 1 atom stereocenters. The first-order valence-corrected chi connectivity index (χ1v) is 8.43. The Morgan fingerprint density at radius 2 is 1.96 bits per heavy atom. The Morgan fingerprint density at radius 3 is 2.48 bits per heavy atom. The van der Waals surface area contributed by atoms with Gasteiger partial charge < -0.3 is 15.6 Å². The Hall–Kier alpha value is -1.97. The number of ether oxygens (including phenoxy) is 1. The minimum atomic E-state index is -0.552. The number of carbonyl (C=O) groups excluding carboxylic acids is 1. The number of esters is 1. The van der Waals surface area contributed by atoms with Crippen LogP contribution in [0.3, 0.4) is 0 Å². The largest absolute Gasteiger partial charge is 0.512 e. The summed E-state index contributed by atoms with van der Waals surface area (Å²) in [6, 6.07) is 7.40. The molecule has 0 spiro atoms. The van der Waals surface area contributed by atoms with Crippen LogP contribution < -0.4 is 5.73 Å². The summed E-state index contributed by atoms with van der Waals surface area (Å²) in [5.74, 6) is -0.476. The van der Waals surface area contributed by atoms with Crippen LogP contribution in [-0.4, -0.2) is 16.7 Å². The Morgan fingerprint density at radius 1 is 1.30 bits per heavy atom. The molecule has 126 valence electrons. The normalized spacial score (nSPS) is 18.7. The number of nitrogens with two attached hydrogens (primary N) is 1. The summed E-state index contributed by atoms with van der Waals surface area (Å²) in [5.41, 5.74) is 7.18. The van der Waals surface area contributed by atoms with Crippen molar-refractivity contribution in [3.05, 3.63) is 41.2 Å². The maximum Gasteiger partial charge on any atom is 0.338 e. The van der Waals surface area contributed by atoms with Crippen LogP contribution in [0, 0.1) is 0 Å². The number of carbonyl (C=O) groups is 1. The van der Waals surface area contributed by atoms with Gasteiger partial charge in [-0.2, -0.15) is 0 Å². The van der Waals surface area contributed by atoms with Crippen LogP contribution >= 0.6 is 0 Å². The van der Waals surface area contributed by atoms with E-state index < -0.39 is 11.6 Å². The van der Waals surface area contributed by atoms with E-state index in [0.29, 0.717) is 17.7 Å². The van der Waals surface area contributed by atoms with Crippen molar-refractivity contribution in [1.82, 2.24) is 0 Å². The van der Waals surface area contributed by atoms with E-state index in [2.05, 4.69) is 13.8 Å². The van der Waals surface area contributed by atoms with E-state index in [9.17, 15) is 9.90 Å². The molecule has 1 aliphatic heterocycles. The third kappa shape index (κ3) is 3.69. The first-order chi connectivity index (χ1) is 10.9. The highest BCUT2D eigenvalue weighted by molar-refractivity contribution is 5.92. The molecule has 1 aromatic rings. The van der Waals surface area contributed by atoms with Crippen LogP contribution in [0.15, 0.2) is 35.6 Å². The summed E-state index contributed by atoms with van der Waals surface area (Å²) in [4.78, 5) is 12.6. The molecule has 0 saturated heterocycles. The zero-order valence-corrected chi connectivity index (χ0v) is 14.3. The van der Waals surface area contributed by atoms with Crippen LogP contribution in [0.1, 0.15) is 64.4 Å². The fraction of sp³-hybridized carbons (Fsp3) is 0.526. The van der Waals surface area contributed by atoms with Crippen molar-refractivity contribution in [2.45, 2.75) is 64.4 Å². The monoisotopic (exact) mass is 317 g/mol. The smallest absolute Gasteiger partial charge is 0.338 e. The number of anilines is 1. The quantitative estimate of drug-likeness (QED) is 0.600. The summed E-state index contributed by atoms with van der Waals surface area (Å²) in [6.07, 6.45) is 3.79. The van der Waals surface area contributed by atoms with Gasteiger partial charge in [0.05, 0.1) is 5.57 Å². The summed E-state index contributed by atoms with van der Waals surface area (Å²) in [7, 11) is 0. The van der Waals surface area contributed by atoms with Crippen molar-refractivity contribution in [3.8, 4) is 0 Å². The molecule has 23 heavy (non-hydrogen) atoms. The SMILES string of the molecule is CCCC1(CCC)CC(O)=C(C(C)c2cccc(N)c2)C(=O)O1. The van der Waals surface area contributed by atoms with E-state index in [4.69, 9.17) is 10.5 Å². The minimum Gasteiger partial charge on any atom is -0.512 e. The lowest BCUT2D eigenvalue weighted by molar-refractivity contribution is -0.161. The van der Waals surface area contributed by atoms with Gasteiger partial charge in [0.25, 0.3) is 0 Å².